The van der Waals surface area contributed by atoms with Gasteiger partial charge >= 0.3 is 0 Å². The maximum absolute atomic E-state index is 12.1. The highest BCUT2D eigenvalue weighted by molar-refractivity contribution is 7.91. The number of halogens is 1. The summed E-state index contributed by atoms with van der Waals surface area (Å²) in [5.74, 6) is 1.25. The van der Waals surface area contributed by atoms with Crippen molar-refractivity contribution in [1.82, 2.24) is 14.9 Å². The molecule has 136 valence electrons. The van der Waals surface area contributed by atoms with E-state index in [-0.39, 0.29) is 10.8 Å². The zero-order valence-corrected chi connectivity index (χ0v) is 16.2. The maximum atomic E-state index is 12.1. The number of rotatable bonds is 7. The molecule has 1 aromatic rings. The highest BCUT2D eigenvalue weighted by Gasteiger charge is 2.19. The van der Waals surface area contributed by atoms with E-state index in [2.05, 4.69) is 15.0 Å². The van der Waals surface area contributed by atoms with Gasteiger partial charge in [0.25, 0.3) is 0 Å². The number of aliphatic imine (C=N–C) groups is 1. The zero-order chi connectivity index (χ0) is 17.6. The first-order chi connectivity index (χ1) is 11.4. The van der Waals surface area contributed by atoms with E-state index in [0.29, 0.717) is 16.8 Å². The number of nitrogens with one attached hydrogen (secondary N) is 2. The molecule has 0 aromatic carbocycles. The average Bonchev–Trinajstić information content (AvgIpc) is 3.19. The Hall–Kier alpha value is -0.870. The molecule has 0 bridgehead atoms. The molecule has 1 saturated heterocycles. The number of thiophene rings is 1. The van der Waals surface area contributed by atoms with E-state index in [1.807, 2.05) is 11.9 Å². The van der Waals surface area contributed by atoms with Crippen LogP contribution >= 0.6 is 22.9 Å². The normalized spacial score (nSPS) is 18.8. The molecule has 2 heterocycles. The van der Waals surface area contributed by atoms with Crippen LogP contribution in [-0.2, 0) is 14.8 Å². The van der Waals surface area contributed by atoms with Gasteiger partial charge in [-0.05, 0) is 18.6 Å². The largest absolute Gasteiger partial charge is 0.381 e. The van der Waals surface area contributed by atoms with Crippen LogP contribution in [0.25, 0.3) is 0 Å². The average molecular weight is 395 g/mol. The summed E-state index contributed by atoms with van der Waals surface area (Å²) in [6, 6.07) is 3.07. The minimum Gasteiger partial charge on any atom is -0.381 e. The van der Waals surface area contributed by atoms with Gasteiger partial charge in [-0.3, -0.25) is 4.99 Å². The van der Waals surface area contributed by atoms with E-state index >= 15 is 0 Å². The van der Waals surface area contributed by atoms with Gasteiger partial charge in [0, 0.05) is 46.3 Å². The molecule has 0 amide bonds. The van der Waals surface area contributed by atoms with Gasteiger partial charge in [-0.25, -0.2) is 13.1 Å². The Morgan fingerprint density at radius 2 is 2.29 bits per heavy atom. The maximum Gasteiger partial charge on any atom is 0.250 e. The fourth-order valence-corrected chi connectivity index (χ4v) is 5.02. The Kier molecular flexibility index (Phi) is 7.30. The topological polar surface area (TPSA) is 83.0 Å². The summed E-state index contributed by atoms with van der Waals surface area (Å²) in [5, 5.41) is 3.16. The summed E-state index contributed by atoms with van der Waals surface area (Å²) >= 11 is 6.81. The second kappa shape index (κ2) is 9.00. The molecule has 0 saturated carbocycles. The minimum atomic E-state index is -3.51. The molecule has 1 atom stereocenters. The summed E-state index contributed by atoms with van der Waals surface area (Å²) in [4.78, 5) is 6.26. The van der Waals surface area contributed by atoms with Crippen molar-refractivity contribution in [2.45, 2.75) is 10.6 Å². The third kappa shape index (κ3) is 5.59. The smallest absolute Gasteiger partial charge is 0.250 e. The van der Waals surface area contributed by atoms with Crippen molar-refractivity contribution in [3.8, 4) is 0 Å². The monoisotopic (exact) mass is 394 g/mol. The van der Waals surface area contributed by atoms with Gasteiger partial charge in [0.15, 0.2) is 5.96 Å². The van der Waals surface area contributed by atoms with E-state index < -0.39 is 10.0 Å². The van der Waals surface area contributed by atoms with Gasteiger partial charge in [0.2, 0.25) is 10.0 Å². The van der Waals surface area contributed by atoms with Gasteiger partial charge in [0.1, 0.15) is 4.21 Å². The van der Waals surface area contributed by atoms with Crippen molar-refractivity contribution >= 4 is 38.9 Å². The highest BCUT2D eigenvalue weighted by Crippen LogP contribution is 2.25. The molecule has 0 aliphatic carbocycles. The Balaban J connectivity index is 1.75. The molecule has 1 aliphatic rings. The lowest BCUT2D eigenvalue weighted by Gasteiger charge is -2.24. The molecular weight excluding hydrogens is 372 g/mol. The molecule has 10 heteroatoms. The van der Waals surface area contributed by atoms with Crippen LogP contribution in [0.4, 0.5) is 0 Å². The third-order valence-corrected chi connectivity index (χ3v) is 6.83. The second-order valence-corrected chi connectivity index (χ2v) is 9.25. The molecule has 1 fully saturated rings. The lowest BCUT2D eigenvalue weighted by atomic mass is 10.1. The number of hydrogen-bond acceptors (Lipinski definition) is 5. The molecule has 0 radical (unpaired) electrons. The fraction of sp³-hybridized carbons (Fsp3) is 0.643. The predicted molar refractivity (Wildman–Crippen MR) is 97.4 cm³/mol. The highest BCUT2D eigenvalue weighted by atomic mass is 35.5. The zero-order valence-electron chi connectivity index (χ0n) is 13.8. The van der Waals surface area contributed by atoms with Crippen LogP contribution < -0.4 is 10.0 Å². The van der Waals surface area contributed by atoms with Crippen molar-refractivity contribution in [3.63, 3.8) is 0 Å². The lowest BCUT2D eigenvalue weighted by Crippen LogP contribution is -2.44. The second-order valence-electron chi connectivity index (χ2n) is 5.54. The number of ether oxygens (including phenoxy) is 1. The van der Waals surface area contributed by atoms with Gasteiger partial charge in [0.05, 0.1) is 10.9 Å². The number of sulfonamides is 1. The van der Waals surface area contributed by atoms with Crippen LogP contribution in [0, 0.1) is 5.92 Å². The van der Waals surface area contributed by atoms with E-state index in [0.717, 1.165) is 43.5 Å². The minimum absolute atomic E-state index is 0.218. The molecule has 1 unspecified atom stereocenters. The lowest BCUT2D eigenvalue weighted by molar-refractivity contribution is 0.181. The first kappa shape index (κ1) is 19.5. The Labute approximate surface area is 152 Å². The van der Waals surface area contributed by atoms with Crippen LogP contribution in [0.1, 0.15) is 6.42 Å². The Morgan fingerprint density at radius 3 is 2.88 bits per heavy atom. The predicted octanol–water partition coefficient (Wildman–Crippen LogP) is 1.22. The molecule has 1 aromatic heterocycles. The van der Waals surface area contributed by atoms with E-state index in [1.165, 1.54) is 6.07 Å². The van der Waals surface area contributed by atoms with Crippen LogP contribution in [-0.4, -0.2) is 66.2 Å². The summed E-state index contributed by atoms with van der Waals surface area (Å²) in [7, 11) is 0.165. The third-order valence-electron chi connectivity index (χ3n) is 3.64. The molecular formula is C14H23ClN4O3S2. The van der Waals surface area contributed by atoms with E-state index in [1.54, 1.807) is 13.1 Å². The first-order valence-corrected chi connectivity index (χ1v) is 10.3. The number of nitrogens with zero attached hydrogens (tertiary/aromatic N) is 2. The number of hydrogen-bond donors (Lipinski definition) is 2. The molecule has 2 N–H and O–H groups in total. The Bertz CT molecular complexity index is 657. The molecule has 7 nitrogen and oxygen atoms in total. The van der Waals surface area contributed by atoms with Crippen molar-refractivity contribution in [2.75, 3.05) is 46.9 Å². The van der Waals surface area contributed by atoms with Crippen LogP contribution in [0.3, 0.4) is 0 Å². The van der Waals surface area contributed by atoms with Gasteiger partial charge in [-0.15, -0.1) is 11.3 Å². The van der Waals surface area contributed by atoms with Crippen molar-refractivity contribution in [1.29, 1.82) is 0 Å². The Morgan fingerprint density at radius 1 is 1.50 bits per heavy atom. The standard InChI is InChI=1S/C14H23ClN4O3S2/c1-16-14(19(2)9-11-5-8-22-10-11)17-6-7-18-24(20,21)13-4-3-12(15)23-13/h3-4,11,18H,5-10H2,1-2H3,(H,16,17). The quantitative estimate of drug-likeness (QED) is 0.413. The van der Waals surface area contributed by atoms with Crippen molar-refractivity contribution in [3.05, 3.63) is 16.5 Å². The van der Waals surface area contributed by atoms with Gasteiger partial charge < -0.3 is 15.0 Å². The first-order valence-electron chi connectivity index (χ1n) is 7.67. The summed E-state index contributed by atoms with van der Waals surface area (Å²) in [5.41, 5.74) is 0. The van der Waals surface area contributed by atoms with Gasteiger partial charge in [-0.2, -0.15) is 0 Å². The van der Waals surface area contributed by atoms with Crippen LogP contribution in [0.2, 0.25) is 4.34 Å². The van der Waals surface area contributed by atoms with Crippen LogP contribution in [0.5, 0.6) is 0 Å². The van der Waals surface area contributed by atoms with Crippen molar-refractivity contribution < 1.29 is 13.2 Å². The molecule has 24 heavy (non-hydrogen) atoms. The van der Waals surface area contributed by atoms with E-state index in [9.17, 15) is 8.42 Å². The SMILES string of the molecule is CN=C(NCCNS(=O)(=O)c1ccc(Cl)s1)N(C)CC1CCOC1. The fourth-order valence-electron chi connectivity index (χ4n) is 2.46. The summed E-state index contributed by atoms with van der Waals surface area (Å²) < 4.78 is 32.8. The van der Waals surface area contributed by atoms with Crippen LogP contribution in [0.15, 0.2) is 21.3 Å². The summed E-state index contributed by atoms with van der Waals surface area (Å²) in [6.07, 6.45) is 1.06. The van der Waals surface area contributed by atoms with E-state index in [4.69, 9.17) is 16.3 Å². The van der Waals surface area contributed by atoms with Gasteiger partial charge in [-0.1, -0.05) is 11.6 Å². The molecule has 2 rings (SSSR count). The molecule has 1 aliphatic heterocycles. The number of guanidine groups is 1. The van der Waals surface area contributed by atoms with Crippen molar-refractivity contribution in [2.24, 2.45) is 10.9 Å². The molecule has 0 spiro atoms. The summed E-state index contributed by atoms with van der Waals surface area (Å²) in [6.45, 7) is 3.16.